The Bertz CT molecular complexity index is 228. The predicted molar refractivity (Wildman–Crippen MR) is 48.7 cm³/mol. The zero-order valence-corrected chi connectivity index (χ0v) is 9.10. The van der Waals surface area contributed by atoms with E-state index in [0.717, 1.165) is 11.8 Å². The first-order chi connectivity index (χ1) is 4.98. The first-order valence-corrected chi connectivity index (χ1v) is 5.96. The minimum absolute atomic E-state index is 0. The molecule has 0 saturated carbocycles. The van der Waals surface area contributed by atoms with Crippen molar-refractivity contribution in [1.29, 1.82) is 5.41 Å². The Morgan fingerprint density at radius 2 is 2.08 bits per heavy atom. The molecule has 3 N–H and O–H groups in total. The predicted octanol–water partition coefficient (Wildman–Crippen LogP) is -2.95. The van der Waals surface area contributed by atoms with Gasteiger partial charge in [-0.25, -0.2) is 8.42 Å². The van der Waals surface area contributed by atoms with Crippen LogP contribution in [0.3, 0.4) is 0 Å². The first-order valence-electron chi connectivity index (χ1n) is 3.15. The molecule has 0 amide bonds. The van der Waals surface area contributed by atoms with Gasteiger partial charge in [-0.3, -0.25) is 5.41 Å². The van der Waals surface area contributed by atoms with E-state index >= 15 is 0 Å². The first kappa shape index (κ1) is 14.6. The Morgan fingerprint density at radius 3 is 2.42 bits per heavy atom. The van der Waals surface area contributed by atoms with Gasteiger partial charge < -0.3 is 18.1 Å². The maximum absolute atomic E-state index is 10.9. The summed E-state index contributed by atoms with van der Waals surface area (Å²) >= 11 is 1.06. The van der Waals surface area contributed by atoms with Crippen molar-refractivity contribution in [3.8, 4) is 0 Å². The molecule has 0 heterocycles. The molecule has 0 atom stereocenters. The zero-order valence-electron chi connectivity index (χ0n) is 6.71. The number of thioether (sulfide) groups is 1. The molecular formula is C5H12ClN2O2S2-. The lowest BCUT2D eigenvalue weighted by Gasteiger charge is -1.98. The molecule has 0 unspecified atom stereocenters. The van der Waals surface area contributed by atoms with E-state index in [1.54, 1.807) is 6.92 Å². The van der Waals surface area contributed by atoms with Crippen molar-refractivity contribution in [3.05, 3.63) is 0 Å². The molecule has 0 bridgehead atoms. The highest BCUT2D eigenvalue weighted by Gasteiger charge is 2.06. The molecule has 0 radical (unpaired) electrons. The Balaban J connectivity index is 0. The van der Waals surface area contributed by atoms with Crippen molar-refractivity contribution in [1.82, 2.24) is 0 Å². The lowest BCUT2D eigenvalue weighted by molar-refractivity contribution is -0.00000507. The summed E-state index contributed by atoms with van der Waals surface area (Å²) in [7, 11) is -2.89. The molecule has 0 rings (SSSR count). The number of amidine groups is 1. The molecule has 0 fully saturated rings. The Kier molecular flexibility index (Phi) is 7.97. The Labute approximate surface area is 83.1 Å². The van der Waals surface area contributed by atoms with Crippen LogP contribution in [0.5, 0.6) is 0 Å². The van der Waals surface area contributed by atoms with Crippen LogP contribution in [-0.2, 0) is 9.84 Å². The molecule has 0 aromatic rings. The molecular weight excluding hydrogens is 220 g/mol. The van der Waals surface area contributed by atoms with E-state index in [1.165, 1.54) is 0 Å². The Morgan fingerprint density at radius 1 is 1.58 bits per heavy atom. The second-order valence-electron chi connectivity index (χ2n) is 1.95. The number of hydrogen-bond donors (Lipinski definition) is 2. The summed E-state index contributed by atoms with van der Waals surface area (Å²) < 4.78 is 21.7. The molecule has 7 heteroatoms. The SMILES string of the molecule is CCS(=O)(=O)CCSC(=N)N.[Cl-]. The summed E-state index contributed by atoms with van der Waals surface area (Å²) in [6.07, 6.45) is 0. The third-order valence-electron chi connectivity index (χ3n) is 1.09. The minimum atomic E-state index is -2.89. The van der Waals surface area contributed by atoms with Crippen LogP contribution in [0.2, 0.25) is 0 Å². The van der Waals surface area contributed by atoms with Gasteiger partial charge in [-0.15, -0.1) is 0 Å². The van der Waals surface area contributed by atoms with E-state index in [2.05, 4.69) is 0 Å². The van der Waals surface area contributed by atoms with Crippen LogP contribution < -0.4 is 18.1 Å². The largest absolute Gasteiger partial charge is 1.00 e. The highest BCUT2D eigenvalue weighted by atomic mass is 35.5. The molecule has 0 aromatic carbocycles. The third-order valence-corrected chi connectivity index (χ3v) is 3.78. The lowest BCUT2D eigenvalue weighted by atomic mass is 10.9. The van der Waals surface area contributed by atoms with Crippen LogP contribution >= 0.6 is 11.8 Å². The van der Waals surface area contributed by atoms with E-state index < -0.39 is 9.84 Å². The van der Waals surface area contributed by atoms with Crippen molar-refractivity contribution >= 4 is 26.8 Å². The summed E-state index contributed by atoms with van der Waals surface area (Å²) in [4.78, 5) is 0. The highest BCUT2D eigenvalue weighted by molar-refractivity contribution is 8.14. The van der Waals surface area contributed by atoms with E-state index in [9.17, 15) is 8.42 Å². The fourth-order valence-electron chi connectivity index (χ4n) is 0.423. The number of nitrogens with one attached hydrogen (secondary N) is 1. The third kappa shape index (κ3) is 8.16. The average molecular weight is 232 g/mol. The molecule has 74 valence electrons. The topological polar surface area (TPSA) is 84.0 Å². The van der Waals surface area contributed by atoms with Gasteiger partial charge in [0.25, 0.3) is 0 Å². The van der Waals surface area contributed by atoms with Gasteiger partial charge in [0, 0.05) is 11.5 Å². The van der Waals surface area contributed by atoms with Crippen LogP contribution in [0.25, 0.3) is 0 Å². The summed E-state index contributed by atoms with van der Waals surface area (Å²) in [6, 6.07) is 0. The maximum atomic E-state index is 10.9. The van der Waals surface area contributed by atoms with Gasteiger partial charge in [-0.1, -0.05) is 18.7 Å². The van der Waals surface area contributed by atoms with E-state index in [4.69, 9.17) is 11.1 Å². The monoisotopic (exact) mass is 231 g/mol. The molecule has 12 heavy (non-hydrogen) atoms. The van der Waals surface area contributed by atoms with Crippen molar-refractivity contribution in [2.24, 2.45) is 5.73 Å². The molecule has 0 spiro atoms. The van der Waals surface area contributed by atoms with Crippen molar-refractivity contribution in [2.45, 2.75) is 6.92 Å². The van der Waals surface area contributed by atoms with Crippen LogP contribution in [0.4, 0.5) is 0 Å². The maximum Gasteiger partial charge on any atom is 0.151 e. The summed E-state index contributed by atoms with van der Waals surface area (Å²) in [5.74, 6) is 0.644. The smallest absolute Gasteiger partial charge is 0.151 e. The fourth-order valence-corrected chi connectivity index (χ4v) is 2.28. The second kappa shape index (κ2) is 6.56. The number of rotatable bonds is 4. The standard InChI is InChI=1S/C5H12N2O2S2.ClH/c1-2-11(8,9)4-3-10-5(6)7;/h2-4H2,1H3,(H3,6,7);1H/p-1. The average Bonchev–Trinajstić information content (AvgIpc) is 1.87. The van der Waals surface area contributed by atoms with Crippen molar-refractivity contribution < 1.29 is 20.8 Å². The second-order valence-corrected chi connectivity index (χ2v) is 5.56. The van der Waals surface area contributed by atoms with Gasteiger partial charge >= 0.3 is 0 Å². The van der Waals surface area contributed by atoms with Gasteiger partial charge in [0.2, 0.25) is 0 Å². The van der Waals surface area contributed by atoms with Crippen LogP contribution in [-0.4, -0.2) is 30.8 Å². The van der Waals surface area contributed by atoms with Gasteiger partial charge in [-0.05, 0) is 0 Å². The number of hydrogen-bond acceptors (Lipinski definition) is 4. The number of halogens is 1. The van der Waals surface area contributed by atoms with E-state index in [1.807, 2.05) is 0 Å². The normalized spacial score (nSPS) is 10.4. The quantitative estimate of drug-likeness (QED) is 0.400. The van der Waals surface area contributed by atoms with E-state index in [0.29, 0.717) is 5.75 Å². The number of nitrogens with two attached hydrogens (primary N) is 1. The van der Waals surface area contributed by atoms with Crippen LogP contribution in [0.15, 0.2) is 0 Å². The van der Waals surface area contributed by atoms with Gasteiger partial charge in [-0.2, -0.15) is 0 Å². The summed E-state index contributed by atoms with van der Waals surface area (Å²) in [5.41, 5.74) is 5.01. The molecule has 4 nitrogen and oxygen atoms in total. The lowest BCUT2D eigenvalue weighted by Crippen LogP contribution is -3.00. The highest BCUT2D eigenvalue weighted by Crippen LogP contribution is 2.00. The number of sulfone groups is 1. The van der Waals surface area contributed by atoms with Crippen molar-refractivity contribution in [2.75, 3.05) is 17.3 Å². The van der Waals surface area contributed by atoms with Gasteiger partial charge in [0.15, 0.2) is 15.0 Å². The molecule has 0 saturated heterocycles. The summed E-state index contributed by atoms with van der Waals surface area (Å²) in [6.45, 7) is 1.60. The minimum Gasteiger partial charge on any atom is -1.00 e. The van der Waals surface area contributed by atoms with Crippen LogP contribution in [0.1, 0.15) is 6.92 Å². The summed E-state index contributed by atoms with van der Waals surface area (Å²) in [5, 5.41) is 6.77. The Hall–Kier alpha value is 0.0600. The van der Waals surface area contributed by atoms with Gasteiger partial charge in [0.1, 0.15) is 0 Å². The van der Waals surface area contributed by atoms with E-state index in [-0.39, 0.29) is 29.1 Å². The van der Waals surface area contributed by atoms with Crippen LogP contribution in [0, 0.1) is 5.41 Å². The molecule has 0 aliphatic heterocycles. The molecule has 0 aliphatic rings. The van der Waals surface area contributed by atoms with Crippen molar-refractivity contribution in [3.63, 3.8) is 0 Å². The van der Waals surface area contributed by atoms with Gasteiger partial charge in [0.05, 0.1) is 5.75 Å². The fraction of sp³-hybridized carbons (Fsp3) is 0.800. The molecule has 0 aliphatic carbocycles. The zero-order chi connectivity index (χ0) is 8.91. The molecule has 0 aromatic heterocycles.